The predicted octanol–water partition coefficient (Wildman–Crippen LogP) is 4.05. The van der Waals surface area contributed by atoms with Crippen LogP contribution >= 0.6 is 11.8 Å². The second kappa shape index (κ2) is 4.22. The van der Waals surface area contributed by atoms with Crippen LogP contribution in [0.15, 0.2) is 35.4 Å². The first-order valence-electron chi connectivity index (χ1n) is 5.63. The summed E-state index contributed by atoms with van der Waals surface area (Å²) in [5, 5.41) is 1.12. The fourth-order valence-electron chi connectivity index (χ4n) is 1.79. The van der Waals surface area contributed by atoms with Crippen LogP contribution in [-0.2, 0) is 0 Å². The van der Waals surface area contributed by atoms with Gasteiger partial charge in [-0.3, -0.25) is 9.36 Å². The number of rotatable bonds is 1. The second-order valence-electron chi connectivity index (χ2n) is 5.17. The van der Waals surface area contributed by atoms with Crippen molar-refractivity contribution in [2.75, 3.05) is 6.26 Å². The zero-order valence-corrected chi connectivity index (χ0v) is 11.5. The van der Waals surface area contributed by atoms with Gasteiger partial charge in [-0.1, -0.05) is 20.8 Å². The molecule has 1 aromatic carbocycles. The number of benzene rings is 1. The van der Waals surface area contributed by atoms with Gasteiger partial charge in [0, 0.05) is 21.9 Å². The highest BCUT2D eigenvalue weighted by Crippen LogP contribution is 2.25. The van der Waals surface area contributed by atoms with Gasteiger partial charge in [0.15, 0.2) is 0 Å². The molecule has 0 unspecified atom stereocenters. The molecule has 0 N–H and O–H groups in total. The zero-order chi connectivity index (χ0) is 12.6. The number of carbonyl (C=O) groups excluding carboxylic acids is 1. The Morgan fingerprint density at radius 2 is 1.94 bits per heavy atom. The lowest BCUT2D eigenvalue weighted by Gasteiger charge is -2.17. The van der Waals surface area contributed by atoms with Crippen LogP contribution in [0.25, 0.3) is 10.9 Å². The maximum absolute atomic E-state index is 12.3. The molecule has 0 bridgehead atoms. The molecule has 2 rings (SSSR count). The number of hydrogen-bond donors (Lipinski definition) is 0. The smallest absolute Gasteiger partial charge is 0.236 e. The van der Waals surface area contributed by atoms with Crippen LogP contribution in [0.3, 0.4) is 0 Å². The van der Waals surface area contributed by atoms with Crippen LogP contribution < -0.4 is 0 Å². The summed E-state index contributed by atoms with van der Waals surface area (Å²) >= 11 is 1.71. The number of hydrogen-bond acceptors (Lipinski definition) is 2. The highest BCUT2D eigenvalue weighted by molar-refractivity contribution is 7.98. The standard InChI is InChI=1S/C14H17NOS/c1-14(2,3)13(16)15-8-7-10-9-11(17-4)5-6-12(10)15/h5-9H,1-4H3. The van der Waals surface area contributed by atoms with Gasteiger partial charge in [0.1, 0.15) is 0 Å². The molecule has 0 aliphatic rings. The topological polar surface area (TPSA) is 22.0 Å². The summed E-state index contributed by atoms with van der Waals surface area (Å²) in [6.07, 6.45) is 3.92. The largest absolute Gasteiger partial charge is 0.287 e. The molecule has 0 aliphatic carbocycles. The number of aromatic nitrogens is 1. The fourth-order valence-corrected chi connectivity index (χ4v) is 2.23. The molecule has 0 aliphatic heterocycles. The van der Waals surface area contributed by atoms with Crippen molar-refractivity contribution in [1.29, 1.82) is 0 Å². The summed E-state index contributed by atoms with van der Waals surface area (Å²) < 4.78 is 1.75. The van der Waals surface area contributed by atoms with Crippen LogP contribution in [-0.4, -0.2) is 16.7 Å². The molecule has 90 valence electrons. The van der Waals surface area contributed by atoms with Gasteiger partial charge in [0.05, 0.1) is 5.52 Å². The quantitative estimate of drug-likeness (QED) is 0.709. The lowest BCUT2D eigenvalue weighted by Crippen LogP contribution is -2.25. The van der Waals surface area contributed by atoms with Gasteiger partial charge in [0.25, 0.3) is 0 Å². The van der Waals surface area contributed by atoms with Gasteiger partial charge in [-0.25, -0.2) is 0 Å². The SMILES string of the molecule is CSc1ccc2c(ccn2C(=O)C(C)(C)C)c1. The Morgan fingerprint density at radius 3 is 2.53 bits per heavy atom. The van der Waals surface area contributed by atoms with E-state index < -0.39 is 0 Å². The molecule has 17 heavy (non-hydrogen) atoms. The molecule has 3 heteroatoms. The van der Waals surface area contributed by atoms with Crippen molar-refractivity contribution in [2.24, 2.45) is 5.41 Å². The fraction of sp³-hybridized carbons (Fsp3) is 0.357. The summed E-state index contributed by atoms with van der Waals surface area (Å²) in [5.41, 5.74) is 0.632. The van der Waals surface area contributed by atoms with Gasteiger partial charge in [-0.05, 0) is 30.5 Å². The third-order valence-electron chi connectivity index (χ3n) is 2.76. The van der Waals surface area contributed by atoms with E-state index in [1.54, 1.807) is 16.3 Å². The molecular formula is C14H17NOS. The summed E-state index contributed by atoms with van der Waals surface area (Å²) in [4.78, 5) is 13.5. The van der Waals surface area contributed by atoms with E-state index in [1.807, 2.05) is 39.1 Å². The molecule has 0 saturated heterocycles. The Hall–Kier alpha value is -1.22. The Bertz CT molecular complexity index is 563. The molecule has 1 aromatic heterocycles. The molecule has 0 saturated carbocycles. The van der Waals surface area contributed by atoms with E-state index >= 15 is 0 Å². The van der Waals surface area contributed by atoms with Crippen molar-refractivity contribution >= 4 is 28.6 Å². The van der Waals surface area contributed by atoms with Crippen molar-refractivity contribution in [3.63, 3.8) is 0 Å². The lowest BCUT2D eigenvalue weighted by molar-refractivity contribution is 0.0772. The molecule has 0 spiro atoms. The van der Waals surface area contributed by atoms with Crippen molar-refractivity contribution in [3.8, 4) is 0 Å². The maximum Gasteiger partial charge on any atom is 0.236 e. The van der Waals surface area contributed by atoms with E-state index in [1.165, 1.54) is 4.90 Å². The zero-order valence-electron chi connectivity index (χ0n) is 10.7. The molecular weight excluding hydrogens is 230 g/mol. The average molecular weight is 247 g/mol. The van der Waals surface area contributed by atoms with Crippen molar-refractivity contribution in [2.45, 2.75) is 25.7 Å². The average Bonchev–Trinajstić information content (AvgIpc) is 2.69. The molecule has 2 aromatic rings. The minimum Gasteiger partial charge on any atom is -0.287 e. The third kappa shape index (κ3) is 2.25. The summed E-state index contributed by atoms with van der Waals surface area (Å²) in [5.74, 6) is 0.129. The van der Waals surface area contributed by atoms with Crippen LogP contribution in [0, 0.1) is 5.41 Å². The van der Waals surface area contributed by atoms with Gasteiger partial charge in [0.2, 0.25) is 5.91 Å². The first-order chi connectivity index (χ1) is 7.93. The number of nitrogens with zero attached hydrogens (tertiary/aromatic N) is 1. The van der Waals surface area contributed by atoms with Crippen LogP contribution in [0.2, 0.25) is 0 Å². The lowest BCUT2D eigenvalue weighted by atomic mass is 9.95. The minimum absolute atomic E-state index is 0.129. The predicted molar refractivity (Wildman–Crippen MR) is 73.8 cm³/mol. The minimum atomic E-state index is -0.357. The Balaban J connectivity index is 2.54. The molecule has 0 radical (unpaired) electrons. The Kier molecular flexibility index (Phi) is 3.04. The molecule has 0 atom stereocenters. The normalized spacial score (nSPS) is 12.0. The Morgan fingerprint density at radius 1 is 1.24 bits per heavy atom. The van der Waals surface area contributed by atoms with Crippen molar-refractivity contribution in [1.82, 2.24) is 4.57 Å². The van der Waals surface area contributed by atoms with Crippen molar-refractivity contribution in [3.05, 3.63) is 30.5 Å². The van der Waals surface area contributed by atoms with E-state index in [4.69, 9.17) is 0 Å². The van der Waals surface area contributed by atoms with Gasteiger partial charge in [-0.15, -0.1) is 11.8 Å². The third-order valence-corrected chi connectivity index (χ3v) is 3.48. The molecule has 0 amide bonds. The first kappa shape index (κ1) is 12.2. The Labute approximate surface area is 106 Å². The van der Waals surface area contributed by atoms with Gasteiger partial charge >= 0.3 is 0 Å². The van der Waals surface area contributed by atoms with Crippen molar-refractivity contribution < 1.29 is 4.79 Å². The van der Waals surface area contributed by atoms with E-state index in [0.29, 0.717) is 0 Å². The van der Waals surface area contributed by atoms with E-state index in [2.05, 4.69) is 18.4 Å². The van der Waals surface area contributed by atoms with E-state index in [-0.39, 0.29) is 11.3 Å². The van der Waals surface area contributed by atoms with Crippen LogP contribution in [0.4, 0.5) is 0 Å². The summed E-state index contributed by atoms with van der Waals surface area (Å²) in [6.45, 7) is 5.83. The van der Waals surface area contributed by atoms with Gasteiger partial charge in [-0.2, -0.15) is 0 Å². The summed E-state index contributed by atoms with van der Waals surface area (Å²) in [7, 11) is 0. The van der Waals surface area contributed by atoms with Gasteiger partial charge < -0.3 is 0 Å². The summed E-state index contributed by atoms with van der Waals surface area (Å²) in [6, 6.07) is 8.19. The molecule has 0 fully saturated rings. The molecule has 2 nitrogen and oxygen atoms in total. The van der Waals surface area contributed by atoms with Crippen LogP contribution in [0.1, 0.15) is 25.6 Å². The highest BCUT2D eigenvalue weighted by Gasteiger charge is 2.23. The maximum atomic E-state index is 12.3. The number of fused-ring (bicyclic) bond motifs is 1. The molecule has 1 heterocycles. The monoisotopic (exact) mass is 247 g/mol. The number of carbonyl (C=O) groups is 1. The second-order valence-corrected chi connectivity index (χ2v) is 6.05. The van der Waals surface area contributed by atoms with Crippen LogP contribution in [0.5, 0.6) is 0 Å². The van der Waals surface area contributed by atoms with E-state index in [0.717, 1.165) is 10.9 Å². The first-order valence-corrected chi connectivity index (χ1v) is 6.86. The highest BCUT2D eigenvalue weighted by atomic mass is 32.2. The van der Waals surface area contributed by atoms with E-state index in [9.17, 15) is 4.79 Å². The number of thioether (sulfide) groups is 1.